The van der Waals surface area contributed by atoms with Crippen molar-refractivity contribution in [3.63, 3.8) is 0 Å². The van der Waals surface area contributed by atoms with Crippen molar-refractivity contribution in [2.75, 3.05) is 26.2 Å². The van der Waals surface area contributed by atoms with Crippen LogP contribution < -0.4 is 0 Å². The Balaban J connectivity index is 1.33. The predicted molar refractivity (Wildman–Crippen MR) is 163 cm³/mol. The summed E-state index contributed by atoms with van der Waals surface area (Å²) in [7, 11) is 0. The molecule has 1 aromatic heterocycles. The Bertz CT molecular complexity index is 1780. The first-order valence-electron chi connectivity index (χ1n) is 14.5. The second-order valence-electron chi connectivity index (χ2n) is 12.2. The number of amides is 2. The van der Waals surface area contributed by atoms with Gasteiger partial charge in [0.15, 0.2) is 5.17 Å². The number of thioether (sulfide) groups is 1. The van der Waals surface area contributed by atoms with Crippen molar-refractivity contribution in [2.45, 2.75) is 58.2 Å². The van der Waals surface area contributed by atoms with Gasteiger partial charge < -0.3 is 14.7 Å². The van der Waals surface area contributed by atoms with E-state index in [1.807, 2.05) is 4.90 Å². The van der Waals surface area contributed by atoms with Gasteiger partial charge in [0.2, 0.25) is 0 Å². The number of benzene rings is 2. The number of aliphatic imine (C=N–C) groups is 1. The average molecular weight is 684 g/mol. The highest BCUT2D eigenvalue weighted by atomic mass is 32.2. The van der Waals surface area contributed by atoms with Crippen LogP contribution in [0.3, 0.4) is 0 Å². The van der Waals surface area contributed by atoms with Gasteiger partial charge in [0.05, 0.1) is 46.4 Å². The molecule has 0 aliphatic carbocycles. The minimum atomic E-state index is -5.01. The number of piperazine rings is 1. The van der Waals surface area contributed by atoms with Gasteiger partial charge in [-0.2, -0.15) is 36.4 Å². The molecule has 1 N–H and O–H groups in total. The number of aryl methyl sites for hydroxylation is 1. The smallest absolute Gasteiger partial charge is 0.416 e. The van der Waals surface area contributed by atoms with E-state index in [4.69, 9.17) is 4.74 Å². The number of alkyl halides is 6. The molecule has 2 aromatic carbocycles. The van der Waals surface area contributed by atoms with Crippen molar-refractivity contribution >= 4 is 45.9 Å². The van der Waals surface area contributed by atoms with E-state index >= 15 is 0 Å². The van der Waals surface area contributed by atoms with Gasteiger partial charge in [-0.1, -0.05) is 12.1 Å². The van der Waals surface area contributed by atoms with Gasteiger partial charge in [0, 0.05) is 25.0 Å². The summed E-state index contributed by atoms with van der Waals surface area (Å²) in [5, 5.41) is 15.3. The Hall–Kier alpha value is -4.05. The molecule has 0 spiro atoms. The maximum absolute atomic E-state index is 13.7. The maximum atomic E-state index is 13.7. The zero-order chi connectivity index (χ0) is 34.5. The van der Waals surface area contributed by atoms with Crippen molar-refractivity contribution in [1.29, 1.82) is 0 Å². The molecule has 9 nitrogen and oxygen atoms in total. The highest BCUT2D eigenvalue weighted by molar-refractivity contribution is 8.18. The van der Waals surface area contributed by atoms with Crippen LogP contribution in [0.1, 0.15) is 48.7 Å². The van der Waals surface area contributed by atoms with E-state index < -0.39 is 53.7 Å². The van der Waals surface area contributed by atoms with E-state index in [0.717, 1.165) is 17.8 Å². The molecule has 0 saturated carbocycles. The number of aliphatic hydroxyl groups excluding tert-OH is 1. The Kier molecular flexibility index (Phi) is 9.14. The lowest BCUT2D eigenvalue weighted by Crippen LogP contribution is -2.58. The Labute approximate surface area is 269 Å². The lowest BCUT2D eigenvalue weighted by Gasteiger charge is -2.41. The van der Waals surface area contributed by atoms with E-state index in [1.165, 1.54) is 9.58 Å². The van der Waals surface area contributed by atoms with Crippen LogP contribution in [0.4, 0.5) is 31.1 Å². The van der Waals surface area contributed by atoms with Gasteiger partial charge in [-0.15, -0.1) is 0 Å². The summed E-state index contributed by atoms with van der Waals surface area (Å²) in [6.07, 6.45) is -8.85. The SMILES string of the molecule is Cc1nn(Cc2ccc(C(F)(F)F)cc2C(F)(F)F)c2ccc(C=C3SC(N4CCN(C(=O)OC(C)(C)C)C(CO)C4)=NC3=O)cc12. The van der Waals surface area contributed by atoms with Gasteiger partial charge in [-0.25, -0.2) is 4.79 Å². The fraction of sp³-hybridized carbons (Fsp3) is 0.419. The normalized spacial score (nSPS) is 18.8. The van der Waals surface area contributed by atoms with Crippen molar-refractivity contribution < 1.29 is 45.8 Å². The number of ether oxygens (including phenoxy) is 1. The van der Waals surface area contributed by atoms with Crippen molar-refractivity contribution in [3.8, 4) is 0 Å². The number of amidine groups is 1. The third-order valence-corrected chi connectivity index (χ3v) is 8.57. The molecule has 47 heavy (non-hydrogen) atoms. The van der Waals surface area contributed by atoms with E-state index in [1.54, 1.807) is 52.0 Å². The first-order valence-corrected chi connectivity index (χ1v) is 15.3. The number of nitrogens with zero attached hydrogens (tertiary/aromatic N) is 5. The number of fused-ring (bicyclic) bond motifs is 1. The largest absolute Gasteiger partial charge is 0.444 e. The molecule has 3 aromatic rings. The molecule has 16 heteroatoms. The summed E-state index contributed by atoms with van der Waals surface area (Å²) < 4.78 is 87.3. The molecule has 5 rings (SSSR count). The number of carbonyl (C=O) groups excluding carboxylic acids is 2. The first-order chi connectivity index (χ1) is 21.8. The molecule has 2 aliphatic heterocycles. The van der Waals surface area contributed by atoms with Crippen molar-refractivity contribution in [1.82, 2.24) is 19.6 Å². The standard InChI is InChI=1S/C31H31F6N5O4S/c1-17-22-11-18(5-8-24(22)42(39-17)14-19-6-7-20(30(32,33)34)13-23(19)31(35,36)37)12-25-26(44)38-27(47-25)40-9-10-41(21(15-40)16-43)28(45)46-29(2,3)4/h5-8,11-13,21,43H,9-10,14-16H2,1-4H3. The topological polar surface area (TPSA) is 100 Å². The summed E-state index contributed by atoms with van der Waals surface area (Å²) in [4.78, 5) is 33.2. The average Bonchev–Trinajstić information content (AvgIpc) is 3.49. The number of carbonyl (C=O) groups is 2. The lowest BCUT2D eigenvalue weighted by atomic mass is 10.0. The second kappa shape index (κ2) is 12.5. The minimum absolute atomic E-state index is 0.107. The number of halogens is 6. The molecule has 2 amide bonds. The third kappa shape index (κ3) is 7.59. The molecule has 0 radical (unpaired) electrons. The molecular weight excluding hydrogens is 652 g/mol. The zero-order valence-electron chi connectivity index (χ0n) is 25.7. The van der Waals surface area contributed by atoms with Crippen molar-refractivity contribution in [3.05, 3.63) is 69.3 Å². The van der Waals surface area contributed by atoms with E-state index in [-0.39, 0.29) is 31.3 Å². The molecule has 252 valence electrons. The first kappa shape index (κ1) is 34.3. The molecule has 2 aliphatic rings. The maximum Gasteiger partial charge on any atom is 0.416 e. The van der Waals surface area contributed by atoms with Crippen LogP contribution in [-0.2, 0) is 28.4 Å². The zero-order valence-corrected chi connectivity index (χ0v) is 26.6. The molecule has 1 fully saturated rings. The Morgan fingerprint density at radius 2 is 1.79 bits per heavy atom. The van der Waals surface area contributed by atoms with E-state index in [0.29, 0.717) is 44.8 Å². The van der Waals surface area contributed by atoms with Crippen LogP contribution in [0, 0.1) is 6.92 Å². The predicted octanol–water partition coefficient (Wildman–Crippen LogP) is 6.31. The van der Waals surface area contributed by atoms with E-state index in [2.05, 4.69) is 10.1 Å². The molecule has 1 saturated heterocycles. The van der Waals surface area contributed by atoms with Gasteiger partial charge in [0.25, 0.3) is 5.91 Å². The number of aliphatic hydroxyl groups is 1. The number of rotatable bonds is 4. The van der Waals surface area contributed by atoms with Crippen LogP contribution in [0.2, 0.25) is 0 Å². The minimum Gasteiger partial charge on any atom is -0.444 e. The van der Waals surface area contributed by atoms with Crippen LogP contribution >= 0.6 is 11.8 Å². The van der Waals surface area contributed by atoms with Gasteiger partial charge in [-0.05, 0) is 80.9 Å². The molecule has 1 atom stereocenters. The summed E-state index contributed by atoms with van der Waals surface area (Å²) >= 11 is 1.14. The monoisotopic (exact) mass is 683 g/mol. The highest BCUT2D eigenvalue weighted by Crippen LogP contribution is 2.38. The summed E-state index contributed by atoms with van der Waals surface area (Å²) in [6.45, 7) is 7.03. The van der Waals surface area contributed by atoms with Crippen LogP contribution in [0.25, 0.3) is 17.0 Å². The van der Waals surface area contributed by atoms with E-state index in [9.17, 15) is 41.0 Å². The second-order valence-corrected chi connectivity index (χ2v) is 13.2. The summed E-state index contributed by atoms with van der Waals surface area (Å²) in [5.74, 6) is -0.477. The Morgan fingerprint density at radius 3 is 2.43 bits per heavy atom. The lowest BCUT2D eigenvalue weighted by molar-refractivity contribution is -0.143. The van der Waals surface area contributed by atoms with Crippen molar-refractivity contribution in [2.24, 2.45) is 4.99 Å². The fourth-order valence-electron chi connectivity index (χ4n) is 5.31. The summed E-state index contributed by atoms with van der Waals surface area (Å²) in [6, 6.07) is 5.95. The van der Waals surface area contributed by atoms with Gasteiger partial charge >= 0.3 is 18.4 Å². The molecule has 0 bridgehead atoms. The van der Waals surface area contributed by atoms with Crippen LogP contribution in [0.5, 0.6) is 0 Å². The quantitative estimate of drug-likeness (QED) is 0.254. The third-order valence-electron chi connectivity index (χ3n) is 7.52. The number of aromatic nitrogens is 2. The van der Waals surface area contributed by atoms with Crippen LogP contribution in [0.15, 0.2) is 46.3 Å². The molecule has 3 heterocycles. The van der Waals surface area contributed by atoms with Gasteiger partial charge in [-0.3, -0.25) is 14.4 Å². The Morgan fingerprint density at radius 1 is 1.06 bits per heavy atom. The fourth-order valence-corrected chi connectivity index (χ4v) is 6.26. The number of hydrogen-bond acceptors (Lipinski definition) is 7. The van der Waals surface area contributed by atoms with Crippen LogP contribution in [-0.4, -0.2) is 79.7 Å². The number of hydrogen-bond donors (Lipinski definition) is 1. The highest BCUT2D eigenvalue weighted by Gasteiger charge is 2.39. The summed E-state index contributed by atoms with van der Waals surface area (Å²) in [5.41, 5.74) is -2.32. The molecule has 1 unspecified atom stereocenters. The van der Waals surface area contributed by atoms with Gasteiger partial charge in [0.1, 0.15) is 5.60 Å². The molecular formula is C31H31F6N5O4S.